The van der Waals surface area contributed by atoms with Crippen molar-refractivity contribution in [3.63, 3.8) is 0 Å². The van der Waals surface area contributed by atoms with Crippen LogP contribution in [0.2, 0.25) is 0 Å². The first kappa shape index (κ1) is 26.4. The molecule has 2 aromatic carbocycles. The van der Waals surface area contributed by atoms with E-state index in [-0.39, 0.29) is 24.3 Å². The van der Waals surface area contributed by atoms with Gasteiger partial charge in [0.25, 0.3) is 0 Å². The van der Waals surface area contributed by atoms with E-state index < -0.39 is 0 Å². The maximum absolute atomic E-state index is 12.4. The number of rotatable bonds is 10. The Kier molecular flexibility index (Phi) is 8.58. The van der Waals surface area contributed by atoms with Gasteiger partial charge in [0.1, 0.15) is 12.3 Å². The van der Waals surface area contributed by atoms with Crippen molar-refractivity contribution in [2.75, 3.05) is 41.6 Å². The summed E-state index contributed by atoms with van der Waals surface area (Å²) in [5.41, 5.74) is 3.59. The van der Waals surface area contributed by atoms with E-state index in [1.165, 1.54) is 11.1 Å². The number of ether oxygens (including phenoxy) is 5. The number of amidine groups is 1. The van der Waals surface area contributed by atoms with Crippen LogP contribution in [0.1, 0.15) is 42.4 Å². The second-order valence-corrected chi connectivity index (χ2v) is 9.08. The van der Waals surface area contributed by atoms with Crippen LogP contribution in [-0.2, 0) is 22.4 Å². The van der Waals surface area contributed by atoms with Crippen molar-refractivity contribution in [3.8, 4) is 23.0 Å². The Morgan fingerprint density at radius 2 is 1.68 bits per heavy atom. The standard InChI is InChI=1S/C29H36N2O6/c1-6-37-29(32)18-28-30-12-7-13-31(28)23-10-9-20-16-26(35-4)27(36-5)17-21(20)22(23)14-19-8-11-24(33-2)25(15-19)34-3/h7-8,11-12,15-17,22-23H,6,9-10,13-14,18H2,1-5H3. The van der Waals surface area contributed by atoms with Crippen LogP contribution in [-0.4, -0.2) is 64.3 Å². The Labute approximate surface area is 218 Å². The average Bonchev–Trinajstić information content (AvgIpc) is 2.92. The second-order valence-electron chi connectivity index (χ2n) is 9.08. The fraction of sp³-hybridized carbons (Fsp3) is 0.448. The third kappa shape index (κ3) is 5.68. The first-order valence-corrected chi connectivity index (χ1v) is 12.6. The van der Waals surface area contributed by atoms with E-state index in [4.69, 9.17) is 23.7 Å². The average molecular weight is 509 g/mol. The van der Waals surface area contributed by atoms with Crippen LogP contribution in [0.4, 0.5) is 0 Å². The van der Waals surface area contributed by atoms with Crippen LogP contribution in [0.5, 0.6) is 23.0 Å². The quantitative estimate of drug-likeness (QED) is 0.436. The molecule has 2 atom stereocenters. The van der Waals surface area contributed by atoms with Gasteiger partial charge in [-0.2, -0.15) is 0 Å². The van der Waals surface area contributed by atoms with Crippen LogP contribution in [0, 0.1) is 0 Å². The lowest BCUT2D eigenvalue weighted by molar-refractivity contribution is -0.141. The third-order valence-corrected chi connectivity index (χ3v) is 7.09. The van der Waals surface area contributed by atoms with Crippen molar-refractivity contribution in [1.82, 2.24) is 4.90 Å². The Balaban J connectivity index is 1.75. The molecule has 4 rings (SSSR count). The number of nitrogens with zero attached hydrogens (tertiary/aromatic N) is 2. The molecule has 37 heavy (non-hydrogen) atoms. The van der Waals surface area contributed by atoms with Crippen LogP contribution in [0.15, 0.2) is 47.6 Å². The van der Waals surface area contributed by atoms with Crippen molar-refractivity contribution in [2.24, 2.45) is 4.99 Å². The molecule has 2 aliphatic rings. The molecule has 1 heterocycles. The fourth-order valence-corrected chi connectivity index (χ4v) is 5.38. The largest absolute Gasteiger partial charge is 0.493 e. The minimum Gasteiger partial charge on any atom is -0.493 e. The summed E-state index contributed by atoms with van der Waals surface area (Å²) in [5, 5.41) is 0. The predicted molar refractivity (Wildman–Crippen MR) is 142 cm³/mol. The molecule has 0 spiro atoms. The summed E-state index contributed by atoms with van der Waals surface area (Å²) in [5.74, 6) is 3.43. The van der Waals surface area contributed by atoms with Crippen molar-refractivity contribution >= 4 is 11.8 Å². The summed E-state index contributed by atoms with van der Waals surface area (Å²) in [6, 6.07) is 10.4. The topological polar surface area (TPSA) is 78.8 Å². The smallest absolute Gasteiger partial charge is 0.313 e. The lowest BCUT2D eigenvalue weighted by Crippen LogP contribution is -2.48. The van der Waals surface area contributed by atoms with Gasteiger partial charge in [0.15, 0.2) is 23.0 Å². The highest BCUT2D eigenvalue weighted by Crippen LogP contribution is 2.43. The highest BCUT2D eigenvalue weighted by atomic mass is 16.5. The van der Waals surface area contributed by atoms with E-state index >= 15 is 0 Å². The molecule has 0 N–H and O–H groups in total. The molecular weight excluding hydrogens is 472 g/mol. The number of hydrogen-bond acceptors (Lipinski definition) is 8. The van der Waals surface area contributed by atoms with Gasteiger partial charge >= 0.3 is 5.97 Å². The summed E-state index contributed by atoms with van der Waals surface area (Å²) in [7, 11) is 6.61. The molecular formula is C29H36N2O6. The SMILES string of the molecule is CCOC(=O)CC1=NC=CCN1C1CCc2cc(OC)c(OC)cc2C1Cc1ccc(OC)c(OC)c1. The van der Waals surface area contributed by atoms with E-state index in [9.17, 15) is 4.79 Å². The van der Waals surface area contributed by atoms with Crippen molar-refractivity contribution in [3.05, 3.63) is 59.3 Å². The Morgan fingerprint density at radius 1 is 0.973 bits per heavy atom. The number of benzene rings is 2. The van der Waals surface area contributed by atoms with Gasteiger partial charge in [-0.3, -0.25) is 4.79 Å². The summed E-state index contributed by atoms with van der Waals surface area (Å²) in [6.07, 6.45) is 6.52. The summed E-state index contributed by atoms with van der Waals surface area (Å²) in [4.78, 5) is 19.2. The van der Waals surface area contributed by atoms with Gasteiger partial charge in [-0.25, -0.2) is 4.99 Å². The third-order valence-electron chi connectivity index (χ3n) is 7.09. The number of carbonyl (C=O) groups is 1. The van der Waals surface area contributed by atoms with Crippen LogP contribution in [0.3, 0.4) is 0 Å². The van der Waals surface area contributed by atoms with Gasteiger partial charge in [0.05, 0.1) is 35.0 Å². The predicted octanol–water partition coefficient (Wildman–Crippen LogP) is 4.54. The number of aliphatic imine (C=N–C) groups is 1. The van der Waals surface area contributed by atoms with E-state index in [0.717, 1.165) is 36.4 Å². The maximum Gasteiger partial charge on any atom is 0.313 e. The first-order valence-electron chi connectivity index (χ1n) is 12.6. The van der Waals surface area contributed by atoms with E-state index in [1.807, 2.05) is 25.1 Å². The van der Waals surface area contributed by atoms with Crippen molar-refractivity contribution < 1.29 is 28.5 Å². The second kappa shape index (κ2) is 12.0. The molecule has 0 amide bonds. The van der Waals surface area contributed by atoms with Gasteiger partial charge in [0, 0.05) is 24.7 Å². The summed E-state index contributed by atoms with van der Waals surface area (Å²) in [6.45, 7) is 2.85. The Hall–Kier alpha value is -3.68. The number of esters is 1. The lowest BCUT2D eigenvalue weighted by atomic mass is 9.75. The zero-order valence-electron chi connectivity index (χ0n) is 22.3. The molecule has 0 bridgehead atoms. The minimum atomic E-state index is -0.263. The van der Waals surface area contributed by atoms with Gasteiger partial charge in [-0.05, 0) is 73.2 Å². The lowest BCUT2D eigenvalue weighted by Gasteiger charge is -2.43. The fourth-order valence-electron chi connectivity index (χ4n) is 5.38. The number of fused-ring (bicyclic) bond motifs is 1. The molecule has 8 heteroatoms. The van der Waals surface area contributed by atoms with Crippen LogP contribution >= 0.6 is 0 Å². The van der Waals surface area contributed by atoms with Crippen LogP contribution in [0.25, 0.3) is 0 Å². The van der Waals surface area contributed by atoms with Crippen LogP contribution < -0.4 is 18.9 Å². The highest BCUT2D eigenvalue weighted by molar-refractivity contribution is 5.98. The van der Waals surface area contributed by atoms with Gasteiger partial charge < -0.3 is 28.6 Å². The number of carbonyl (C=O) groups excluding carboxylic acids is 1. The highest BCUT2D eigenvalue weighted by Gasteiger charge is 2.37. The molecule has 0 saturated heterocycles. The maximum atomic E-state index is 12.4. The number of hydrogen-bond donors (Lipinski definition) is 0. The number of aryl methyl sites for hydroxylation is 1. The van der Waals surface area contributed by atoms with E-state index in [1.54, 1.807) is 34.6 Å². The van der Waals surface area contributed by atoms with E-state index in [0.29, 0.717) is 30.4 Å². The molecule has 0 fully saturated rings. The zero-order valence-corrected chi connectivity index (χ0v) is 22.3. The molecule has 8 nitrogen and oxygen atoms in total. The minimum absolute atomic E-state index is 0.112. The molecule has 2 aromatic rings. The normalized spacial score (nSPS) is 18.5. The molecule has 0 aromatic heterocycles. The van der Waals surface area contributed by atoms with Gasteiger partial charge in [-0.15, -0.1) is 0 Å². The molecule has 1 aliphatic heterocycles. The molecule has 1 aliphatic carbocycles. The van der Waals surface area contributed by atoms with E-state index in [2.05, 4.69) is 28.1 Å². The first-order chi connectivity index (χ1) is 18.0. The van der Waals surface area contributed by atoms with Gasteiger partial charge in [-0.1, -0.05) is 6.07 Å². The molecule has 2 unspecified atom stereocenters. The van der Waals surface area contributed by atoms with Crippen molar-refractivity contribution in [2.45, 2.75) is 44.6 Å². The number of methoxy groups -OCH3 is 4. The monoisotopic (exact) mass is 508 g/mol. The summed E-state index contributed by atoms with van der Waals surface area (Å²) < 4.78 is 27.5. The van der Waals surface area contributed by atoms with Gasteiger partial charge in [0.2, 0.25) is 0 Å². The Bertz CT molecular complexity index is 1180. The molecule has 198 valence electrons. The molecule has 0 saturated carbocycles. The molecule has 0 radical (unpaired) electrons. The van der Waals surface area contributed by atoms with Crippen molar-refractivity contribution in [1.29, 1.82) is 0 Å². The Morgan fingerprint density at radius 3 is 2.38 bits per heavy atom. The zero-order chi connectivity index (χ0) is 26.4. The summed E-state index contributed by atoms with van der Waals surface area (Å²) >= 11 is 0.